The maximum atomic E-state index is 11.5. The summed E-state index contributed by atoms with van der Waals surface area (Å²) in [5.74, 6) is -1.49. The molecule has 3 N–H and O–H groups in total. The van der Waals surface area contributed by atoms with E-state index in [2.05, 4.69) is 27.9 Å². The molecule has 0 unspecified atom stereocenters. The number of carbonyl (C=O) groups is 3. The Labute approximate surface area is 298 Å². The third kappa shape index (κ3) is 14.9. The van der Waals surface area contributed by atoms with Crippen LogP contribution in [0.3, 0.4) is 0 Å². The van der Waals surface area contributed by atoms with Crippen LogP contribution in [0.15, 0.2) is 24.2 Å². The molecule has 0 fully saturated rings. The average Bonchev–Trinajstić information content (AvgIpc) is 3.69. The second kappa shape index (κ2) is 24.9. The number of hydrogen-bond acceptors (Lipinski definition) is 7. The first-order valence-electron chi connectivity index (χ1n) is 15.4. The molecular weight excluding hydrogens is 817 g/mol. The Morgan fingerprint density at radius 2 is 1.43 bits per heavy atom. The number of nitrogens with zero attached hydrogens (tertiary/aromatic N) is 2. The van der Waals surface area contributed by atoms with Crippen molar-refractivity contribution in [3.8, 4) is 0 Å². The molecule has 0 aliphatic heterocycles. The molecule has 2 aromatic rings. The van der Waals surface area contributed by atoms with Crippen LogP contribution in [0, 0.1) is 47.8 Å². The van der Waals surface area contributed by atoms with E-state index in [0.717, 1.165) is 56.9 Å². The number of carbonyl (C=O) groups excluding carboxylic acids is 2. The first-order valence-corrected chi connectivity index (χ1v) is 14.8. The monoisotopic (exact) mass is 865 g/mol. The summed E-state index contributed by atoms with van der Waals surface area (Å²) in [5, 5.41) is 18.9. The third-order valence-corrected chi connectivity index (χ3v) is 7.11. The van der Waals surface area contributed by atoms with Gasteiger partial charge in [0, 0.05) is 58.3 Å². The van der Waals surface area contributed by atoms with Crippen LogP contribution >= 0.6 is 0 Å². The van der Waals surface area contributed by atoms with Gasteiger partial charge in [-0.25, -0.2) is 21.0 Å². The van der Waals surface area contributed by atoms with Gasteiger partial charge in [0.05, 0.1) is 18.1 Å². The van der Waals surface area contributed by atoms with E-state index in [1.807, 2.05) is 19.3 Å². The Bertz CT molecular complexity index is 1320. The number of aromatic nitrogens is 2. The van der Waals surface area contributed by atoms with Gasteiger partial charge in [-0.2, -0.15) is 0 Å². The van der Waals surface area contributed by atoms with E-state index in [1.165, 1.54) is 36.0 Å². The molecule has 0 saturated heterocycles. The molecule has 2 heterocycles. The van der Waals surface area contributed by atoms with Crippen LogP contribution in [-0.4, -0.2) is 67.4 Å². The van der Waals surface area contributed by atoms with Crippen molar-refractivity contribution in [2.24, 2.45) is 0 Å². The zero-order valence-corrected chi connectivity index (χ0v) is 30.3. The minimum absolute atomic E-state index is 0. The topological polar surface area (TPSA) is 169 Å². The molecule has 2 aromatic heterocycles. The number of ether oxygens (including phenoxy) is 2. The van der Waals surface area contributed by atoms with Gasteiger partial charge in [0.2, 0.25) is 5.70 Å². The molecule has 2 radical (unpaired) electrons. The summed E-state index contributed by atoms with van der Waals surface area (Å²) in [6.45, 7) is 10.4. The first kappa shape index (κ1) is 42.7. The number of aromatic amines is 2. The largest absolute Gasteiger partial charge is 0.477 e. The quantitative estimate of drug-likeness (QED) is 0.107. The number of nitro groups is 1. The van der Waals surface area contributed by atoms with Crippen molar-refractivity contribution in [1.29, 1.82) is 1.34 Å². The van der Waals surface area contributed by atoms with Crippen molar-refractivity contribution in [3.05, 3.63) is 79.3 Å². The summed E-state index contributed by atoms with van der Waals surface area (Å²) in [5.41, 5.74) is 6.15. The number of allylic oxidation sites excluding steroid dienone is 2. The summed E-state index contributed by atoms with van der Waals surface area (Å²) in [6.07, 6.45) is 17.9. The molecule has 0 saturated carbocycles. The molecule has 46 heavy (non-hydrogen) atoms. The second-order valence-electron chi connectivity index (χ2n) is 10.1. The van der Waals surface area contributed by atoms with Crippen LogP contribution in [0.5, 0.6) is 0 Å². The number of H-pyrrole nitrogens is 2. The smallest absolute Gasteiger partial charge is 0.387 e. The van der Waals surface area contributed by atoms with Crippen LogP contribution in [0.25, 0.3) is 4.85 Å². The summed E-state index contributed by atoms with van der Waals surface area (Å²) < 4.78 is 14.7. The first-order chi connectivity index (χ1) is 21.7. The zero-order chi connectivity index (χ0) is 33.6. The van der Waals surface area contributed by atoms with E-state index in [4.69, 9.17) is 17.8 Å². The Hall–Kier alpha value is -3.28. The normalized spacial score (nSPS) is 13.8. The van der Waals surface area contributed by atoms with Gasteiger partial charge in [-0.15, -0.1) is 0 Å². The number of rotatable bonds is 6. The van der Waals surface area contributed by atoms with Gasteiger partial charge in [-0.05, 0) is 114 Å². The van der Waals surface area contributed by atoms with Crippen molar-refractivity contribution in [1.82, 2.24) is 9.97 Å². The predicted molar refractivity (Wildman–Crippen MR) is 173 cm³/mol. The molecule has 14 heteroatoms. The molecule has 3 aliphatic carbocycles. The third-order valence-electron chi connectivity index (χ3n) is 7.11. The molecule has 3 aliphatic rings. The van der Waals surface area contributed by atoms with Gasteiger partial charge < -0.3 is 29.4 Å². The molecule has 0 amide bonds. The van der Waals surface area contributed by atoms with Gasteiger partial charge in [0.25, 0.3) is 0 Å². The van der Waals surface area contributed by atoms with Crippen LogP contribution in [-0.2, 0) is 40.0 Å². The van der Waals surface area contributed by atoms with Crippen molar-refractivity contribution in [3.63, 3.8) is 0 Å². The Morgan fingerprint density at radius 1 is 0.935 bits per heavy atom. The SMILES string of the molecule is C.CCOC(=O)c1[nH]cc2c1CCCC2.O=C(O)c1[nH]cc2c1CCCC2.O=[N+]([O-])C1=CCCCC1.[2H][B].[C-]#[N+]CC(=O)OCC.[U]. The van der Waals surface area contributed by atoms with E-state index >= 15 is 0 Å². The molecule has 0 aromatic carbocycles. The summed E-state index contributed by atoms with van der Waals surface area (Å²) in [4.78, 5) is 50.9. The van der Waals surface area contributed by atoms with Crippen LogP contribution in [0.1, 0.15) is 116 Å². The van der Waals surface area contributed by atoms with E-state index < -0.39 is 11.9 Å². The van der Waals surface area contributed by atoms with E-state index in [-0.39, 0.29) is 56.0 Å². The minimum atomic E-state index is -0.835. The summed E-state index contributed by atoms with van der Waals surface area (Å²) >= 11 is 0. The van der Waals surface area contributed by atoms with Crippen LogP contribution < -0.4 is 0 Å². The molecular formula is C32H47BN4O8U. The Balaban J connectivity index is 0. The number of carboxylic acid groups (broad SMARTS) is 1. The summed E-state index contributed by atoms with van der Waals surface area (Å²) in [6, 6.07) is 0. The van der Waals surface area contributed by atoms with E-state index in [1.54, 1.807) is 13.0 Å². The number of carboxylic acids is 1. The van der Waals surface area contributed by atoms with Crippen molar-refractivity contribution in [2.75, 3.05) is 19.8 Å². The van der Waals surface area contributed by atoms with Gasteiger partial charge in [-0.1, -0.05) is 7.43 Å². The maximum absolute atomic E-state index is 11.5. The second-order valence-corrected chi connectivity index (χ2v) is 10.1. The van der Waals surface area contributed by atoms with Gasteiger partial charge in [0.15, 0.2) is 0 Å². The minimum Gasteiger partial charge on any atom is -0.477 e. The number of hydrogen-bond donors (Lipinski definition) is 3. The standard InChI is InChI=1S/C11H15NO2.C9H11NO2.C6H9NO2.C5H7NO2.CH4.BH.U/c1-2-14-11(13)10-9-6-4-3-5-8(9)7-12-10;11-9(12)8-7-4-2-1-3-6(7)5-10-8;8-7(9)6-4-2-1-3-5-6;1-3-8-5(7)4-6-2;;;/h7,12H,2-6H2,1H3;5,10H,1-4H2,(H,11,12);4H,1-3,5H2;3-4H2,1H3;1H4;1H;/i;;;;;1D;. The summed E-state index contributed by atoms with van der Waals surface area (Å²) in [7, 11) is 3.75. The zero-order valence-electron chi connectivity index (χ0n) is 27.1. The number of aryl methyl sites for hydroxylation is 2. The Kier molecular flexibility index (Phi) is 23.1. The molecule has 12 nitrogen and oxygen atoms in total. The van der Waals surface area contributed by atoms with Crippen LogP contribution in [0.4, 0.5) is 0 Å². The van der Waals surface area contributed by atoms with E-state index in [9.17, 15) is 24.5 Å². The maximum Gasteiger partial charge on any atom is 0.387 e. The number of nitrogens with one attached hydrogen (secondary N) is 2. The predicted octanol–water partition coefficient (Wildman–Crippen LogP) is 5.84. The van der Waals surface area contributed by atoms with E-state index in [0.29, 0.717) is 36.7 Å². The van der Waals surface area contributed by atoms with Crippen molar-refractivity contribution >= 4 is 26.3 Å². The number of esters is 2. The molecule has 0 atom stereocenters. The molecule has 0 spiro atoms. The fourth-order valence-corrected chi connectivity index (χ4v) is 5.07. The fraction of sp³-hybridized carbons (Fsp3) is 0.562. The van der Waals surface area contributed by atoms with Gasteiger partial charge in [-0.3, -0.25) is 10.1 Å². The molecule has 0 bridgehead atoms. The Morgan fingerprint density at radius 3 is 1.87 bits per heavy atom. The van der Waals surface area contributed by atoms with Crippen molar-refractivity contribution < 1.29 is 65.0 Å². The molecule has 5 rings (SSSR count). The average molecular weight is 866 g/mol. The number of aromatic carboxylic acids is 1. The fourth-order valence-electron chi connectivity index (χ4n) is 5.07. The van der Waals surface area contributed by atoms with Gasteiger partial charge in [0.1, 0.15) is 11.4 Å². The van der Waals surface area contributed by atoms with Gasteiger partial charge >= 0.3 is 24.5 Å². The number of fused-ring (bicyclic) bond motifs is 2. The molecule has 250 valence electrons. The van der Waals surface area contributed by atoms with Crippen molar-refractivity contribution in [2.45, 2.75) is 98.3 Å². The van der Waals surface area contributed by atoms with Crippen LogP contribution in [0.2, 0.25) is 0 Å².